The second-order valence-electron chi connectivity index (χ2n) is 9.01. The summed E-state index contributed by atoms with van der Waals surface area (Å²) in [7, 11) is 0. The molecule has 2 aromatic heterocycles. The van der Waals surface area contributed by atoms with Crippen LogP contribution in [0.25, 0.3) is 11.0 Å². The third kappa shape index (κ3) is 4.33. The number of nitrogens with zero attached hydrogens (tertiary/aromatic N) is 2. The van der Waals surface area contributed by atoms with Crippen LogP contribution in [0, 0.1) is 13.8 Å². The van der Waals surface area contributed by atoms with E-state index in [1.165, 1.54) is 11.1 Å². The minimum absolute atomic E-state index is 0.00627. The first kappa shape index (κ1) is 24.8. The normalized spacial score (nSPS) is 14.8. The number of benzene rings is 2. The Labute approximate surface area is 219 Å². The van der Waals surface area contributed by atoms with Crippen LogP contribution in [-0.4, -0.2) is 24.1 Å². The third-order valence-corrected chi connectivity index (χ3v) is 6.71. The summed E-state index contributed by atoms with van der Waals surface area (Å²) in [6, 6.07) is 11.6. The Morgan fingerprint density at radius 1 is 1.00 bits per heavy atom. The van der Waals surface area contributed by atoms with Crippen LogP contribution in [0.15, 0.2) is 57.9 Å². The van der Waals surface area contributed by atoms with E-state index < -0.39 is 11.9 Å². The number of hydrogen-bond acceptors (Lipinski definition) is 6. The second-order valence-corrected chi connectivity index (χ2v) is 9.44. The summed E-state index contributed by atoms with van der Waals surface area (Å²) < 4.78 is 17.9. The van der Waals surface area contributed by atoms with Gasteiger partial charge in [0.2, 0.25) is 5.76 Å². The molecule has 5 rings (SSSR count). The van der Waals surface area contributed by atoms with E-state index in [0.29, 0.717) is 52.1 Å². The summed E-state index contributed by atoms with van der Waals surface area (Å²) in [5, 5.41) is 0.866. The molecule has 0 spiro atoms. The molecule has 4 aromatic rings. The quantitative estimate of drug-likeness (QED) is 0.282. The fraction of sp³-hybridized carbons (Fsp3) is 0.276. The van der Waals surface area contributed by atoms with Gasteiger partial charge in [-0.15, -0.1) is 0 Å². The van der Waals surface area contributed by atoms with Crippen molar-refractivity contribution in [3.05, 3.63) is 91.9 Å². The van der Waals surface area contributed by atoms with E-state index >= 15 is 0 Å². The van der Waals surface area contributed by atoms with Crippen molar-refractivity contribution in [3.8, 4) is 11.5 Å². The van der Waals surface area contributed by atoms with E-state index in [9.17, 15) is 9.59 Å². The highest BCUT2D eigenvalue weighted by Gasteiger charge is 2.44. The molecule has 37 heavy (non-hydrogen) atoms. The first-order valence-electron chi connectivity index (χ1n) is 12.3. The van der Waals surface area contributed by atoms with Gasteiger partial charge in [0.05, 0.1) is 35.2 Å². The van der Waals surface area contributed by atoms with E-state index in [1.807, 2.05) is 52.0 Å². The number of fused-ring (bicyclic) bond motifs is 2. The minimum atomic E-state index is -0.780. The summed E-state index contributed by atoms with van der Waals surface area (Å²) in [6.07, 6.45) is 2.32. The number of rotatable bonds is 7. The molecule has 190 valence electrons. The molecule has 0 radical (unpaired) electrons. The lowest BCUT2D eigenvalue weighted by Crippen LogP contribution is -2.30. The van der Waals surface area contributed by atoms with Gasteiger partial charge in [0.25, 0.3) is 5.91 Å². The van der Waals surface area contributed by atoms with Crippen LogP contribution in [0.2, 0.25) is 5.02 Å². The van der Waals surface area contributed by atoms with Crippen LogP contribution in [0.1, 0.15) is 59.1 Å². The van der Waals surface area contributed by atoms with Gasteiger partial charge in [-0.05, 0) is 80.3 Å². The molecule has 0 bridgehead atoms. The molecule has 2 aromatic carbocycles. The van der Waals surface area contributed by atoms with Crippen LogP contribution >= 0.6 is 11.6 Å². The van der Waals surface area contributed by atoms with Gasteiger partial charge in [0.15, 0.2) is 16.9 Å². The van der Waals surface area contributed by atoms with E-state index in [1.54, 1.807) is 18.2 Å². The predicted molar refractivity (Wildman–Crippen MR) is 143 cm³/mol. The Balaban J connectivity index is 1.76. The van der Waals surface area contributed by atoms with E-state index in [0.717, 1.165) is 17.5 Å². The fourth-order valence-electron chi connectivity index (χ4n) is 4.58. The van der Waals surface area contributed by atoms with Crippen LogP contribution < -0.4 is 19.8 Å². The lowest BCUT2D eigenvalue weighted by atomic mass is 9.97. The largest absolute Gasteiger partial charge is 0.490 e. The van der Waals surface area contributed by atoms with Gasteiger partial charge < -0.3 is 13.9 Å². The number of aryl methyl sites for hydroxylation is 2. The van der Waals surface area contributed by atoms with Crippen molar-refractivity contribution in [3.63, 3.8) is 0 Å². The molecule has 1 amide bonds. The average Bonchev–Trinajstić information content (AvgIpc) is 3.17. The topological polar surface area (TPSA) is 81.9 Å². The van der Waals surface area contributed by atoms with Gasteiger partial charge >= 0.3 is 0 Å². The smallest absolute Gasteiger partial charge is 0.296 e. The van der Waals surface area contributed by atoms with Gasteiger partial charge in [-0.25, -0.2) is 4.98 Å². The average molecular weight is 519 g/mol. The van der Waals surface area contributed by atoms with Gasteiger partial charge in [-0.1, -0.05) is 24.6 Å². The highest BCUT2D eigenvalue weighted by atomic mass is 35.5. The molecule has 1 aliphatic heterocycles. The maximum atomic E-state index is 13.9. The van der Waals surface area contributed by atoms with Gasteiger partial charge in [0, 0.05) is 6.20 Å². The second kappa shape index (κ2) is 9.90. The standard InChI is InChI=1S/C29H27ClN2O5/c1-5-11-36-21-9-7-18(14-23(21)35-6-2)26-25-27(33)20-12-16(3)17(4)13-22(20)37-28(25)29(34)32(26)24-10-8-19(30)15-31-24/h7-10,12-15,26H,5-6,11H2,1-4H3. The SMILES string of the molecule is CCCOc1ccc(C2c3c(oc4cc(C)c(C)cc4c3=O)C(=O)N2c2ccc(Cl)cn2)cc1OCC. The summed E-state index contributed by atoms with van der Waals surface area (Å²) in [6.45, 7) is 8.77. The van der Waals surface area contributed by atoms with Crippen molar-refractivity contribution < 1.29 is 18.7 Å². The minimum Gasteiger partial charge on any atom is -0.490 e. The summed E-state index contributed by atoms with van der Waals surface area (Å²) in [4.78, 5) is 33.6. The number of halogens is 1. The van der Waals surface area contributed by atoms with Crippen LogP contribution in [0.5, 0.6) is 11.5 Å². The highest BCUT2D eigenvalue weighted by Crippen LogP contribution is 2.43. The molecule has 1 atom stereocenters. The third-order valence-electron chi connectivity index (χ3n) is 6.49. The number of hydrogen-bond donors (Lipinski definition) is 0. The Kier molecular flexibility index (Phi) is 6.65. The Hall–Kier alpha value is -3.84. The number of carbonyl (C=O) groups is 1. The van der Waals surface area contributed by atoms with Crippen LogP contribution in [-0.2, 0) is 0 Å². The van der Waals surface area contributed by atoms with Crippen molar-refractivity contribution in [1.82, 2.24) is 4.98 Å². The van der Waals surface area contributed by atoms with E-state index in [4.69, 9.17) is 25.5 Å². The van der Waals surface area contributed by atoms with Crippen molar-refractivity contribution in [2.75, 3.05) is 18.1 Å². The monoisotopic (exact) mass is 518 g/mol. The molecule has 1 aliphatic rings. The van der Waals surface area contributed by atoms with Crippen molar-refractivity contribution in [1.29, 1.82) is 0 Å². The molecule has 0 saturated heterocycles. The zero-order valence-electron chi connectivity index (χ0n) is 21.1. The summed E-state index contributed by atoms with van der Waals surface area (Å²) in [5.41, 5.74) is 3.00. The van der Waals surface area contributed by atoms with E-state index in [2.05, 4.69) is 4.98 Å². The van der Waals surface area contributed by atoms with Gasteiger partial charge in [0.1, 0.15) is 11.4 Å². The lowest BCUT2D eigenvalue weighted by Gasteiger charge is -2.25. The fourth-order valence-corrected chi connectivity index (χ4v) is 4.70. The molecule has 3 heterocycles. The Morgan fingerprint density at radius 2 is 1.78 bits per heavy atom. The Bertz CT molecular complexity index is 1560. The number of ether oxygens (including phenoxy) is 2. The van der Waals surface area contributed by atoms with Crippen molar-refractivity contribution in [2.45, 2.75) is 40.2 Å². The predicted octanol–water partition coefficient (Wildman–Crippen LogP) is 6.40. The molecule has 0 aliphatic carbocycles. The molecule has 0 fully saturated rings. The van der Waals surface area contributed by atoms with E-state index in [-0.39, 0.29) is 16.8 Å². The number of pyridine rings is 1. The van der Waals surface area contributed by atoms with Crippen molar-refractivity contribution >= 4 is 34.3 Å². The number of anilines is 1. The van der Waals surface area contributed by atoms with Gasteiger partial charge in [-0.2, -0.15) is 0 Å². The molecule has 8 heteroatoms. The molecule has 0 saturated carbocycles. The molecule has 1 unspecified atom stereocenters. The number of carbonyl (C=O) groups excluding carboxylic acids is 1. The zero-order chi connectivity index (χ0) is 26.3. The lowest BCUT2D eigenvalue weighted by molar-refractivity contribution is 0.0970. The van der Waals surface area contributed by atoms with Crippen LogP contribution in [0.3, 0.4) is 0 Å². The first-order chi connectivity index (χ1) is 17.8. The highest BCUT2D eigenvalue weighted by molar-refractivity contribution is 6.30. The summed E-state index contributed by atoms with van der Waals surface area (Å²) >= 11 is 6.07. The maximum absolute atomic E-state index is 13.9. The number of aromatic nitrogens is 1. The Morgan fingerprint density at radius 3 is 2.49 bits per heavy atom. The summed E-state index contributed by atoms with van der Waals surface area (Å²) in [5.74, 6) is 1.05. The first-order valence-corrected chi connectivity index (χ1v) is 12.6. The van der Waals surface area contributed by atoms with Crippen molar-refractivity contribution in [2.24, 2.45) is 0 Å². The molecule has 0 N–H and O–H groups in total. The van der Waals surface area contributed by atoms with Crippen LogP contribution in [0.4, 0.5) is 5.82 Å². The molecule has 7 nitrogen and oxygen atoms in total. The molecular formula is C29H27ClN2O5. The zero-order valence-corrected chi connectivity index (χ0v) is 21.9. The number of amides is 1. The molecular weight excluding hydrogens is 492 g/mol. The maximum Gasteiger partial charge on any atom is 0.296 e. The van der Waals surface area contributed by atoms with Gasteiger partial charge in [-0.3, -0.25) is 14.5 Å².